The number of carbonyl (C=O) groups excluding carboxylic acids is 4. The molecule has 3 aromatic carbocycles. The Labute approximate surface area is 347 Å². The van der Waals surface area contributed by atoms with Crippen LogP contribution in [0.3, 0.4) is 0 Å². The van der Waals surface area contributed by atoms with Gasteiger partial charge in [0.1, 0.15) is 24.7 Å². The van der Waals surface area contributed by atoms with Gasteiger partial charge < -0.3 is 36.2 Å². The van der Waals surface area contributed by atoms with Crippen LogP contribution in [0.2, 0.25) is 0 Å². The van der Waals surface area contributed by atoms with Crippen molar-refractivity contribution < 1.29 is 52.1 Å². The fourth-order valence-electron chi connectivity index (χ4n) is 6.04. The number of carbonyl (C=O) groups is 6. The molecule has 318 valence electrons. The summed E-state index contributed by atoms with van der Waals surface area (Å²) in [5.74, 6) is -5.98. The highest BCUT2D eigenvalue weighted by Crippen LogP contribution is 2.16. The number of pyridine rings is 1. The first-order chi connectivity index (χ1) is 28.6. The summed E-state index contributed by atoms with van der Waals surface area (Å²) >= 11 is 0. The van der Waals surface area contributed by atoms with Crippen LogP contribution in [0.25, 0.3) is 10.9 Å². The molecule has 0 radical (unpaired) electrons. The van der Waals surface area contributed by atoms with Gasteiger partial charge in [-0.05, 0) is 61.1 Å². The van der Waals surface area contributed by atoms with E-state index in [4.69, 9.17) is 4.74 Å². The molecule has 4 atom stereocenters. The van der Waals surface area contributed by atoms with E-state index in [-0.39, 0.29) is 17.9 Å². The lowest BCUT2D eigenvalue weighted by molar-refractivity contribution is -0.140. The highest BCUT2D eigenvalue weighted by atomic mass is 32.2. The van der Waals surface area contributed by atoms with Crippen LogP contribution in [-0.4, -0.2) is 83.5 Å². The second kappa shape index (κ2) is 22.5. The van der Waals surface area contributed by atoms with Crippen LogP contribution in [0.15, 0.2) is 113 Å². The number of rotatable bonds is 22. The zero-order chi connectivity index (χ0) is 43.7. The Bertz CT molecular complexity index is 2250. The van der Waals surface area contributed by atoms with Crippen LogP contribution >= 0.6 is 0 Å². The molecule has 1 unspecified atom stereocenters. The lowest BCUT2D eigenvalue weighted by atomic mass is 10.0. The lowest BCUT2D eigenvalue weighted by Gasteiger charge is -2.27. The molecule has 1 heterocycles. The second-order valence-electron chi connectivity index (χ2n) is 14.3. The number of sulfone groups is 1. The zero-order valence-corrected chi connectivity index (χ0v) is 34.0. The lowest BCUT2D eigenvalue weighted by Crippen LogP contribution is -2.58. The van der Waals surface area contributed by atoms with E-state index < -0.39 is 88.5 Å². The molecule has 1 aromatic heterocycles. The number of benzene rings is 3. The molecule has 0 bridgehead atoms. The van der Waals surface area contributed by atoms with Gasteiger partial charge in [-0.3, -0.25) is 29.0 Å². The van der Waals surface area contributed by atoms with Gasteiger partial charge in [-0.2, -0.15) is 0 Å². The number of ether oxygens (including phenoxy) is 1. The zero-order valence-electron chi connectivity index (χ0n) is 33.2. The van der Waals surface area contributed by atoms with Gasteiger partial charge in [0.25, 0.3) is 0 Å². The van der Waals surface area contributed by atoms with Crippen molar-refractivity contribution in [2.24, 2.45) is 5.92 Å². The molecule has 4 amide bonds. The Morgan fingerprint density at radius 2 is 1.33 bits per heavy atom. The molecule has 16 nitrogen and oxygen atoms in total. The summed E-state index contributed by atoms with van der Waals surface area (Å²) in [5.41, 5.74) is 2.26. The molecule has 0 saturated heterocycles. The van der Waals surface area contributed by atoms with E-state index in [0.717, 1.165) is 28.1 Å². The van der Waals surface area contributed by atoms with E-state index in [0.29, 0.717) is 24.8 Å². The number of para-hydroxylation sites is 1. The SMILES string of the molecule is CC(C)[C@H](NC(=O)C(CCCCc1ccc2ccccc2n1)NC(=O)[C@H](CC(=O)O)NC(=O)OCc1ccccc1)C(=O)N[C@H](/C=C/S(=O)(=O)c1ccccc1)CC(=O)O. The van der Waals surface area contributed by atoms with Gasteiger partial charge in [-0.15, -0.1) is 0 Å². The third-order valence-corrected chi connectivity index (χ3v) is 10.6. The molecule has 0 aliphatic carbocycles. The molecule has 0 saturated carbocycles. The maximum absolute atomic E-state index is 14.0. The number of amides is 4. The number of hydrogen-bond acceptors (Lipinski definition) is 10. The van der Waals surface area contributed by atoms with Crippen molar-refractivity contribution in [3.05, 3.63) is 120 Å². The number of aromatic nitrogens is 1. The topological polar surface area (TPSA) is 247 Å². The van der Waals surface area contributed by atoms with Gasteiger partial charge in [0.15, 0.2) is 9.84 Å². The predicted molar refractivity (Wildman–Crippen MR) is 221 cm³/mol. The van der Waals surface area contributed by atoms with Crippen molar-refractivity contribution in [1.29, 1.82) is 0 Å². The largest absolute Gasteiger partial charge is 0.481 e. The molecule has 17 heteroatoms. The Balaban J connectivity index is 1.50. The average molecular weight is 844 g/mol. The standard InChI is InChI=1S/C43H49N5O11S/c1-28(2)39(42(55)45-32(25-37(49)50)23-24-60(57,58)33-17-7-4-8-18-33)48-40(53)35(20-12-10-16-31-22-21-30-15-9-11-19-34(30)44-31)46-41(54)36(26-38(51)52)47-43(56)59-27-29-13-5-3-6-14-29/h3-9,11,13-15,17-19,21-24,28,32,35-36,39H,10,12,16,20,25-27H2,1-2H3,(H,45,55)(H,46,54)(H,47,56)(H,48,53)(H,49,50)(H,51,52)/b24-23+/t32-,35?,36+,39+/m1/s1. The maximum atomic E-state index is 14.0. The average Bonchev–Trinajstić information content (AvgIpc) is 3.22. The number of carboxylic acids is 2. The molecule has 60 heavy (non-hydrogen) atoms. The fraction of sp³-hybridized carbons (Fsp3) is 0.326. The third-order valence-electron chi connectivity index (χ3n) is 9.20. The van der Waals surface area contributed by atoms with E-state index in [1.165, 1.54) is 24.3 Å². The summed E-state index contributed by atoms with van der Waals surface area (Å²) in [5, 5.41) is 30.8. The minimum absolute atomic E-state index is 0.0254. The summed E-state index contributed by atoms with van der Waals surface area (Å²) in [6.45, 7) is 3.07. The van der Waals surface area contributed by atoms with E-state index in [1.807, 2.05) is 36.4 Å². The number of alkyl carbamates (subject to hydrolysis) is 1. The number of hydrogen-bond donors (Lipinski definition) is 6. The van der Waals surface area contributed by atoms with E-state index in [1.54, 1.807) is 50.2 Å². The van der Waals surface area contributed by atoms with Gasteiger partial charge in [-0.25, -0.2) is 13.2 Å². The second-order valence-corrected chi connectivity index (χ2v) is 16.1. The minimum Gasteiger partial charge on any atom is -0.481 e. The van der Waals surface area contributed by atoms with Gasteiger partial charge in [0.05, 0.1) is 29.3 Å². The Hall–Kier alpha value is -6.62. The van der Waals surface area contributed by atoms with E-state index in [2.05, 4.69) is 26.3 Å². The van der Waals surface area contributed by atoms with E-state index >= 15 is 0 Å². The van der Waals surface area contributed by atoms with Crippen LogP contribution in [0, 0.1) is 5.92 Å². The van der Waals surface area contributed by atoms with Crippen LogP contribution in [0.5, 0.6) is 0 Å². The minimum atomic E-state index is -3.99. The molecule has 0 aliphatic heterocycles. The fourth-order valence-corrected chi connectivity index (χ4v) is 7.13. The van der Waals surface area contributed by atoms with E-state index in [9.17, 15) is 47.4 Å². The molecule has 6 N–H and O–H groups in total. The summed E-state index contributed by atoms with van der Waals surface area (Å²) in [6, 6.07) is 21.9. The van der Waals surface area contributed by atoms with Gasteiger partial charge >= 0.3 is 18.0 Å². The van der Waals surface area contributed by atoms with Crippen LogP contribution < -0.4 is 21.3 Å². The van der Waals surface area contributed by atoms with Crippen molar-refractivity contribution in [2.75, 3.05) is 0 Å². The normalized spacial score (nSPS) is 13.4. The number of fused-ring (bicyclic) bond motifs is 1. The number of nitrogens with one attached hydrogen (secondary N) is 4. The van der Waals surface area contributed by atoms with Gasteiger partial charge in [0, 0.05) is 16.5 Å². The number of carboxylic acid groups (broad SMARTS) is 2. The molecule has 4 rings (SSSR count). The first-order valence-electron chi connectivity index (χ1n) is 19.3. The number of unbranched alkanes of at least 4 members (excludes halogenated alkanes) is 1. The molecule has 0 fully saturated rings. The molecular formula is C43H49N5O11S. The summed E-state index contributed by atoms with van der Waals surface area (Å²) in [4.78, 5) is 82.0. The maximum Gasteiger partial charge on any atom is 0.408 e. The first-order valence-corrected chi connectivity index (χ1v) is 20.8. The van der Waals surface area contributed by atoms with Crippen LogP contribution in [0.1, 0.15) is 57.2 Å². The van der Waals surface area contributed by atoms with Crippen LogP contribution in [-0.2, 0) is 51.6 Å². The van der Waals surface area contributed by atoms with Crippen molar-refractivity contribution >= 4 is 56.5 Å². The molecule has 0 spiro atoms. The monoisotopic (exact) mass is 843 g/mol. The quantitative estimate of drug-likeness (QED) is 0.0607. The van der Waals surface area contributed by atoms with Gasteiger partial charge in [0.2, 0.25) is 17.7 Å². The van der Waals surface area contributed by atoms with Gasteiger partial charge in [-0.1, -0.05) is 93.1 Å². The highest BCUT2D eigenvalue weighted by molar-refractivity contribution is 7.94. The third kappa shape index (κ3) is 15.0. The predicted octanol–water partition coefficient (Wildman–Crippen LogP) is 4.29. The molecule has 0 aliphatic rings. The number of nitrogens with zero attached hydrogens (tertiary/aromatic N) is 1. The highest BCUT2D eigenvalue weighted by Gasteiger charge is 2.32. The van der Waals surface area contributed by atoms with Crippen molar-refractivity contribution in [2.45, 2.75) is 88.0 Å². The number of aryl methyl sites for hydroxylation is 1. The van der Waals surface area contributed by atoms with Crippen LogP contribution in [0.4, 0.5) is 4.79 Å². The first kappa shape index (κ1) is 46.1. The molecular weight excluding hydrogens is 795 g/mol. The Kier molecular flexibility index (Phi) is 17.3. The summed E-state index contributed by atoms with van der Waals surface area (Å²) in [7, 11) is -3.99. The van der Waals surface area contributed by atoms with Crippen molar-refractivity contribution in [3.8, 4) is 0 Å². The summed E-state index contributed by atoms with van der Waals surface area (Å²) < 4.78 is 30.9. The smallest absolute Gasteiger partial charge is 0.408 e. The Morgan fingerprint density at radius 3 is 2.00 bits per heavy atom. The molecule has 4 aromatic rings. The van der Waals surface area contributed by atoms with Crippen molar-refractivity contribution in [1.82, 2.24) is 26.3 Å². The Morgan fingerprint density at radius 1 is 0.700 bits per heavy atom. The van der Waals surface area contributed by atoms with Crippen molar-refractivity contribution in [3.63, 3.8) is 0 Å². The summed E-state index contributed by atoms with van der Waals surface area (Å²) in [6.07, 6.45) is -0.106. The number of aliphatic carboxylic acids is 2.